The van der Waals surface area contributed by atoms with E-state index in [0.717, 1.165) is 0 Å². The Balaban J connectivity index is 2.18. The van der Waals surface area contributed by atoms with E-state index in [2.05, 4.69) is 5.32 Å². The Labute approximate surface area is 151 Å². The fourth-order valence-electron chi connectivity index (χ4n) is 2.36. The van der Waals surface area contributed by atoms with Crippen molar-refractivity contribution < 1.29 is 19.1 Å². The summed E-state index contributed by atoms with van der Waals surface area (Å²) in [7, 11) is 3.02. The van der Waals surface area contributed by atoms with E-state index in [9.17, 15) is 9.59 Å². The largest absolute Gasteiger partial charge is 0.497 e. The number of anilines is 2. The van der Waals surface area contributed by atoms with Crippen molar-refractivity contribution in [1.82, 2.24) is 0 Å². The van der Waals surface area contributed by atoms with E-state index in [1.165, 1.54) is 26.0 Å². The molecule has 2 rings (SSSR count). The summed E-state index contributed by atoms with van der Waals surface area (Å²) in [4.78, 5) is 25.7. The van der Waals surface area contributed by atoms with Gasteiger partial charge in [0.2, 0.25) is 11.8 Å². The van der Waals surface area contributed by atoms with E-state index in [0.29, 0.717) is 28.4 Å². The van der Waals surface area contributed by atoms with Crippen LogP contribution in [0.3, 0.4) is 0 Å². The van der Waals surface area contributed by atoms with Gasteiger partial charge >= 0.3 is 0 Å². The van der Waals surface area contributed by atoms with Crippen LogP contribution < -0.4 is 19.7 Å². The minimum absolute atomic E-state index is 0.195. The van der Waals surface area contributed by atoms with E-state index in [-0.39, 0.29) is 12.5 Å². The Morgan fingerprint density at radius 1 is 1.15 bits per heavy atom. The molecule has 134 valence electrons. The Hall–Kier alpha value is -3.53. The van der Waals surface area contributed by atoms with Crippen LogP contribution in [0, 0.1) is 11.3 Å². The van der Waals surface area contributed by atoms with Crippen LogP contribution in [0.15, 0.2) is 42.5 Å². The quantitative estimate of drug-likeness (QED) is 0.862. The molecule has 0 aromatic heterocycles. The van der Waals surface area contributed by atoms with Crippen LogP contribution >= 0.6 is 0 Å². The predicted molar refractivity (Wildman–Crippen MR) is 97.4 cm³/mol. The lowest BCUT2D eigenvalue weighted by molar-refractivity contribution is -0.120. The first-order chi connectivity index (χ1) is 12.5. The number of methoxy groups -OCH3 is 2. The number of nitrogens with zero attached hydrogens (tertiary/aromatic N) is 2. The number of nitriles is 1. The Morgan fingerprint density at radius 3 is 2.54 bits per heavy atom. The third kappa shape index (κ3) is 4.51. The summed E-state index contributed by atoms with van der Waals surface area (Å²) in [6.45, 7) is 1.17. The van der Waals surface area contributed by atoms with Crippen molar-refractivity contribution in [2.45, 2.75) is 6.92 Å². The van der Waals surface area contributed by atoms with Gasteiger partial charge in [-0.25, -0.2) is 0 Å². The van der Waals surface area contributed by atoms with Gasteiger partial charge in [0, 0.05) is 18.7 Å². The topological polar surface area (TPSA) is 91.7 Å². The molecule has 7 nitrogen and oxygen atoms in total. The van der Waals surface area contributed by atoms with Gasteiger partial charge in [-0.2, -0.15) is 5.26 Å². The minimum atomic E-state index is -0.397. The molecule has 0 saturated heterocycles. The molecule has 0 aliphatic carbocycles. The van der Waals surface area contributed by atoms with Crippen molar-refractivity contribution in [2.24, 2.45) is 0 Å². The summed E-state index contributed by atoms with van der Waals surface area (Å²) < 4.78 is 10.4. The predicted octanol–water partition coefficient (Wildman–Crippen LogP) is 2.57. The van der Waals surface area contributed by atoms with Gasteiger partial charge in [0.1, 0.15) is 18.0 Å². The zero-order valence-corrected chi connectivity index (χ0v) is 14.8. The lowest BCUT2D eigenvalue weighted by Gasteiger charge is -2.21. The molecule has 0 aliphatic heterocycles. The third-order valence-corrected chi connectivity index (χ3v) is 3.65. The van der Waals surface area contributed by atoms with Crippen LogP contribution in [0.2, 0.25) is 0 Å². The molecule has 7 heteroatoms. The van der Waals surface area contributed by atoms with E-state index < -0.39 is 5.91 Å². The molecule has 26 heavy (non-hydrogen) atoms. The summed E-state index contributed by atoms with van der Waals surface area (Å²) in [6.07, 6.45) is 0. The lowest BCUT2D eigenvalue weighted by atomic mass is 10.2. The fraction of sp³-hybridized carbons (Fsp3) is 0.211. The third-order valence-electron chi connectivity index (χ3n) is 3.65. The van der Waals surface area contributed by atoms with Gasteiger partial charge in [0.25, 0.3) is 0 Å². The highest BCUT2D eigenvalue weighted by Crippen LogP contribution is 2.29. The first kappa shape index (κ1) is 18.8. The zero-order valence-electron chi connectivity index (χ0n) is 14.8. The molecule has 2 aromatic carbocycles. The minimum Gasteiger partial charge on any atom is -0.497 e. The van der Waals surface area contributed by atoms with Crippen LogP contribution in [0.1, 0.15) is 12.5 Å². The lowest BCUT2D eigenvalue weighted by Crippen LogP contribution is -2.36. The highest BCUT2D eigenvalue weighted by molar-refractivity contribution is 6.02. The summed E-state index contributed by atoms with van der Waals surface area (Å²) >= 11 is 0. The first-order valence-electron chi connectivity index (χ1n) is 7.78. The molecule has 0 radical (unpaired) electrons. The monoisotopic (exact) mass is 353 g/mol. The van der Waals surface area contributed by atoms with Crippen LogP contribution in [-0.4, -0.2) is 32.6 Å². The summed E-state index contributed by atoms with van der Waals surface area (Å²) in [5, 5.41) is 11.7. The van der Waals surface area contributed by atoms with Crippen LogP contribution in [0.4, 0.5) is 11.4 Å². The van der Waals surface area contributed by atoms with Gasteiger partial charge in [-0.1, -0.05) is 6.07 Å². The second kappa shape index (κ2) is 8.53. The van der Waals surface area contributed by atoms with Crippen molar-refractivity contribution in [3.63, 3.8) is 0 Å². The van der Waals surface area contributed by atoms with Gasteiger partial charge in [0.05, 0.1) is 31.5 Å². The summed E-state index contributed by atoms with van der Waals surface area (Å²) in [5.41, 5.74) is 1.35. The Kier molecular flexibility index (Phi) is 6.17. The molecule has 2 aromatic rings. The highest BCUT2D eigenvalue weighted by Gasteiger charge is 2.17. The van der Waals surface area contributed by atoms with Gasteiger partial charge in [-0.05, 0) is 30.3 Å². The highest BCUT2D eigenvalue weighted by atomic mass is 16.5. The molecule has 0 unspecified atom stereocenters. The van der Waals surface area contributed by atoms with Gasteiger partial charge in [0.15, 0.2) is 0 Å². The number of nitrogens with one attached hydrogen (secondary N) is 1. The Morgan fingerprint density at radius 2 is 1.92 bits per heavy atom. The fourth-order valence-corrected chi connectivity index (χ4v) is 2.36. The molecule has 0 atom stereocenters. The maximum absolute atomic E-state index is 12.4. The molecular weight excluding hydrogens is 334 g/mol. The van der Waals surface area contributed by atoms with Gasteiger partial charge < -0.3 is 19.7 Å². The first-order valence-corrected chi connectivity index (χ1v) is 7.78. The number of rotatable bonds is 6. The van der Waals surface area contributed by atoms with Crippen LogP contribution in [0.5, 0.6) is 11.5 Å². The van der Waals surface area contributed by atoms with Crippen molar-refractivity contribution in [3.8, 4) is 17.6 Å². The maximum Gasteiger partial charge on any atom is 0.244 e. The summed E-state index contributed by atoms with van der Waals surface area (Å²) in [5.74, 6) is 0.333. The molecule has 2 amide bonds. The number of carbonyl (C=O) groups is 2. The number of ether oxygens (including phenoxy) is 2. The average molecular weight is 353 g/mol. The van der Waals surface area contributed by atoms with Gasteiger partial charge in [-0.15, -0.1) is 0 Å². The van der Waals surface area contributed by atoms with Crippen molar-refractivity contribution in [1.29, 1.82) is 5.26 Å². The van der Waals surface area contributed by atoms with Gasteiger partial charge in [-0.3, -0.25) is 9.59 Å². The normalized spacial score (nSPS) is 9.77. The Bertz CT molecular complexity index is 858. The zero-order chi connectivity index (χ0) is 19.1. The molecule has 0 saturated carbocycles. The van der Waals surface area contributed by atoms with Crippen molar-refractivity contribution in [2.75, 3.05) is 31.0 Å². The van der Waals surface area contributed by atoms with E-state index in [1.807, 2.05) is 6.07 Å². The number of hydrogen-bond donors (Lipinski definition) is 1. The number of carbonyl (C=O) groups excluding carboxylic acids is 2. The molecule has 0 heterocycles. The van der Waals surface area contributed by atoms with Crippen molar-refractivity contribution >= 4 is 23.2 Å². The SMILES string of the molecule is COc1ccc(NC(=O)CN(C(C)=O)c2cccc(C#N)c2)c(OC)c1. The standard InChI is InChI=1S/C19H19N3O4/c1-13(23)22(15-6-4-5-14(9-15)11-20)12-19(24)21-17-8-7-16(25-2)10-18(17)26-3/h4-10H,12H2,1-3H3,(H,21,24). The van der Waals surface area contributed by atoms with Crippen LogP contribution in [0.25, 0.3) is 0 Å². The van der Waals surface area contributed by atoms with Crippen molar-refractivity contribution in [3.05, 3.63) is 48.0 Å². The second-order valence-corrected chi connectivity index (χ2v) is 5.38. The number of hydrogen-bond acceptors (Lipinski definition) is 5. The molecular formula is C19H19N3O4. The second-order valence-electron chi connectivity index (χ2n) is 5.38. The molecule has 0 spiro atoms. The average Bonchev–Trinajstić information content (AvgIpc) is 2.66. The number of benzene rings is 2. The van der Waals surface area contributed by atoms with E-state index in [1.54, 1.807) is 42.5 Å². The maximum atomic E-state index is 12.4. The molecule has 0 fully saturated rings. The van der Waals surface area contributed by atoms with E-state index in [4.69, 9.17) is 14.7 Å². The summed E-state index contributed by atoms with van der Waals surface area (Å²) in [6, 6.07) is 13.5. The number of amides is 2. The van der Waals surface area contributed by atoms with Crippen LogP contribution in [-0.2, 0) is 9.59 Å². The smallest absolute Gasteiger partial charge is 0.244 e. The molecule has 0 aliphatic rings. The van der Waals surface area contributed by atoms with E-state index >= 15 is 0 Å². The molecule has 0 bridgehead atoms. The molecule has 1 N–H and O–H groups in total.